The van der Waals surface area contributed by atoms with E-state index in [0.717, 1.165) is 17.6 Å². The normalized spacial score (nSPS) is 12.1. The number of aryl methyl sites for hydroxylation is 1. The van der Waals surface area contributed by atoms with E-state index >= 15 is 0 Å². The summed E-state index contributed by atoms with van der Waals surface area (Å²) in [6, 6.07) is 8.04. The van der Waals surface area contributed by atoms with Gasteiger partial charge in [0, 0.05) is 0 Å². The van der Waals surface area contributed by atoms with Gasteiger partial charge in [0.2, 0.25) is 0 Å². The summed E-state index contributed by atoms with van der Waals surface area (Å²) in [5, 5.41) is 9.19. The minimum Gasteiger partial charge on any atom is -0.481 e. The molecule has 1 unspecified atom stereocenters. The van der Waals surface area contributed by atoms with E-state index in [1.54, 1.807) is 0 Å². The van der Waals surface area contributed by atoms with Crippen LogP contribution in [0.1, 0.15) is 30.9 Å². The second kappa shape index (κ2) is 6.24. The first-order valence-electron chi connectivity index (χ1n) is 5.91. The van der Waals surface area contributed by atoms with Gasteiger partial charge in [0.25, 0.3) is 0 Å². The molecular weight excluding hydrogens is 212 g/mol. The van der Waals surface area contributed by atoms with Crippen LogP contribution in [0.5, 0.6) is 0 Å². The summed E-state index contributed by atoms with van der Waals surface area (Å²) in [4.78, 5) is 11.2. The average Bonchev–Trinajstić information content (AvgIpc) is 2.23. The second-order valence-electron chi connectivity index (χ2n) is 4.72. The van der Waals surface area contributed by atoms with Crippen molar-refractivity contribution in [2.45, 2.75) is 33.1 Å². The number of aliphatic carboxylic acids is 1. The third-order valence-corrected chi connectivity index (χ3v) is 2.83. The lowest BCUT2D eigenvalue weighted by Crippen LogP contribution is -2.16. The van der Waals surface area contributed by atoms with Crippen LogP contribution in [-0.2, 0) is 11.2 Å². The van der Waals surface area contributed by atoms with E-state index in [-0.39, 0.29) is 5.92 Å². The van der Waals surface area contributed by atoms with Crippen molar-refractivity contribution in [1.29, 1.82) is 0 Å². The highest BCUT2D eigenvalue weighted by Gasteiger charge is 2.17. The van der Waals surface area contributed by atoms with Gasteiger partial charge in [-0.25, -0.2) is 0 Å². The molecule has 0 aliphatic heterocycles. The SMILES string of the molecule is C=C(C)CCC(Cc1cccc(C)c1)C(=O)O. The number of carboxylic acid groups (broad SMARTS) is 1. The van der Waals surface area contributed by atoms with E-state index in [1.807, 2.05) is 32.0 Å². The molecule has 0 fully saturated rings. The molecule has 0 amide bonds. The smallest absolute Gasteiger partial charge is 0.306 e. The lowest BCUT2D eigenvalue weighted by Gasteiger charge is -2.12. The van der Waals surface area contributed by atoms with Crippen molar-refractivity contribution >= 4 is 5.97 Å². The molecule has 0 aromatic heterocycles. The standard InChI is InChI=1S/C15H20O2/c1-11(2)7-8-14(15(16)17)10-13-6-4-5-12(3)9-13/h4-6,9,14H,1,7-8,10H2,2-3H3,(H,16,17). The number of hydrogen-bond donors (Lipinski definition) is 1. The van der Waals surface area contributed by atoms with Crippen molar-refractivity contribution in [2.75, 3.05) is 0 Å². The number of benzene rings is 1. The summed E-state index contributed by atoms with van der Waals surface area (Å²) in [7, 11) is 0. The van der Waals surface area contributed by atoms with E-state index in [1.165, 1.54) is 5.56 Å². The van der Waals surface area contributed by atoms with Gasteiger partial charge in [0.15, 0.2) is 0 Å². The van der Waals surface area contributed by atoms with Crippen LogP contribution < -0.4 is 0 Å². The van der Waals surface area contributed by atoms with Crippen LogP contribution >= 0.6 is 0 Å². The summed E-state index contributed by atoms with van der Waals surface area (Å²) in [5.41, 5.74) is 3.31. The molecule has 17 heavy (non-hydrogen) atoms. The summed E-state index contributed by atoms with van der Waals surface area (Å²) in [5.74, 6) is -1.03. The van der Waals surface area contributed by atoms with E-state index in [2.05, 4.69) is 12.6 Å². The fraction of sp³-hybridized carbons (Fsp3) is 0.400. The van der Waals surface area contributed by atoms with Gasteiger partial charge in [-0.15, -0.1) is 6.58 Å². The molecule has 0 heterocycles. The molecule has 0 spiro atoms. The molecule has 0 radical (unpaired) electrons. The molecule has 2 heteroatoms. The summed E-state index contributed by atoms with van der Waals surface area (Å²) in [6.07, 6.45) is 2.05. The molecule has 2 nitrogen and oxygen atoms in total. The highest BCUT2D eigenvalue weighted by atomic mass is 16.4. The monoisotopic (exact) mass is 232 g/mol. The molecule has 0 aliphatic carbocycles. The third kappa shape index (κ3) is 4.85. The Morgan fingerprint density at radius 1 is 1.47 bits per heavy atom. The molecule has 92 valence electrons. The van der Waals surface area contributed by atoms with E-state index < -0.39 is 5.97 Å². The van der Waals surface area contributed by atoms with E-state index in [4.69, 9.17) is 0 Å². The van der Waals surface area contributed by atoms with Crippen molar-refractivity contribution in [1.82, 2.24) is 0 Å². The van der Waals surface area contributed by atoms with Crippen LogP contribution in [0.25, 0.3) is 0 Å². The molecule has 0 saturated heterocycles. The van der Waals surface area contributed by atoms with Gasteiger partial charge in [-0.05, 0) is 38.7 Å². The number of carbonyl (C=O) groups is 1. The molecule has 1 atom stereocenters. The van der Waals surface area contributed by atoms with Crippen LogP contribution in [0.15, 0.2) is 36.4 Å². The maximum Gasteiger partial charge on any atom is 0.306 e. The van der Waals surface area contributed by atoms with Crippen molar-refractivity contribution in [3.05, 3.63) is 47.5 Å². The quantitative estimate of drug-likeness (QED) is 0.761. The molecule has 1 rings (SSSR count). The van der Waals surface area contributed by atoms with Crippen LogP contribution in [0.3, 0.4) is 0 Å². The van der Waals surface area contributed by atoms with E-state index in [9.17, 15) is 9.90 Å². The number of rotatable bonds is 6. The van der Waals surface area contributed by atoms with Crippen LogP contribution in [0.4, 0.5) is 0 Å². The van der Waals surface area contributed by atoms with E-state index in [0.29, 0.717) is 12.8 Å². The molecule has 0 saturated carbocycles. The van der Waals surface area contributed by atoms with Crippen LogP contribution in [0, 0.1) is 12.8 Å². The first-order chi connectivity index (χ1) is 7.99. The molecule has 0 aliphatic rings. The lowest BCUT2D eigenvalue weighted by atomic mass is 9.93. The summed E-state index contributed by atoms with van der Waals surface area (Å²) < 4.78 is 0. The summed E-state index contributed by atoms with van der Waals surface area (Å²) in [6.45, 7) is 7.77. The highest BCUT2D eigenvalue weighted by molar-refractivity contribution is 5.70. The Balaban J connectivity index is 2.66. The minimum atomic E-state index is -0.715. The van der Waals surface area contributed by atoms with Crippen molar-refractivity contribution in [3.63, 3.8) is 0 Å². The van der Waals surface area contributed by atoms with Crippen molar-refractivity contribution in [2.24, 2.45) is 5.92 Å². The molecular formula is C15H20O2. The molecule has 1 aromatic carbocycles. The van der Waals surface area contributed by atoms with Gasteiger partial charge in [-0.2, -0.15) is 0 Å². The highest BCUT2D eigenvalue weighted by Crippen LogP contribution is 2.17. The zero-order valence-electron chi connectivity index (χ0n) is 10.6. The Morgan fingerprint density at radius 3 is 2.71 bits per heavy atom. The minimum absolute atomic E-state index is 0.312. The first-order valence-corrected chi connectivity index (χ1v) is 5.91. The largest absolute Gasteiger partial charge is 0.481 e. The van der Waals surface area contributed by atoms with Gasteiger partial charge < -0.3 is 5.11 Å². The Morgan fingerprint density at radius 2 is 2.18 bits per heavy atom. The average molecular weight is 232 g/mol. The zero-order valence-corrected chi connectivity index (χ0v) is 10.6. The van der Waals surface area contributed by atoms with Crippen LogP contribution in [-0.4, -0.2) is 11.1 Å². The Labute approximate surface area is 103 Å². The number of carboxylic acids is 1. The maximum atomic E-state index is 11.2. The predicted octanol–water partition coefficient (Wildman–Crippen LogP) is 3.59. The molecule has 1 aromatic rings. The van der Waals surface area contributed by atoms with Gasteiger partial charge in [0.1, 0.15) is 0 Å². The van der Waals surface area contributed by atoms with Gasteiger partial charge in [0.05, 0.1) is 5.92 Å². The first kappa shape index (κ1) is 13.5. The fourth-order valence-corrected chi connectivity index (χ4v) is 1.86. The second-order valence-corrected chi connectivity index (χ2v) is 4.72. The third-order valence-electron chi connectivity index (χ3n) is 2.83. The van der Waals surface area contributed by atoms with Gasteiger partial charge in [-0.3, -0.25) is 4.79 Å². The topological polar surface area (TPSA) is 37.3 Å². The number of allylic oxidation sites excluding steroid dienone is 1. The molecule has 0 bridgehead atoms. The number of hydrogen-bond acceptors (Lipinski definition) is 1. The summed E-state index contributed by atoms with van der Waals surface area (Å²) >= 11 is 0. The fourth-order valence-electron chi connectivity index (χ4n) is 1.86. The Hall–Kier alpha value is -1.57. The molecule has 1 N–H and O–H groups in total. The van der Waals surface area contributed by atoms with Gasteiger partial charge >= 0.3 is 5.97 Å². The zero-order chi connectivity index (χ0) is 12.8. The Bertz CT molecular complexity index is 407. The Kier molecular flexibility index (Phi) is 4.95. The lowest BCUT2D eigenvalue weighted by molar-refractivity contribution is -0.141. The van der Waals surface area contributed by atoms with Crippen molar-refractivity contribution < 1.29 is 9.90 Å². The van der Waals surface area contributed by atoms with Crippen molar-refractivity contribution in [3.8, 4) is 0 Å². The predicted molar refractivity (Wildman–Crippen MR) is 70.1 cm³/mol. The maximum absolute atomic E-state index is 11.2. The van der Waals surface area contributed by atoms with Gasteiger partial charge in [-0.1, -0.05) is 35.4 Å². The van der Waals surface area contributed by atoms with Crippen LogP contribution in [0.2, 0.25) is 0 Å².